The average molecular weight is 342 g/mol. The molecule has 1 aliphatic rings. The molecule has 1 aliphatic heterocycles. The lowest BCUT2D eigenvalue weighted by Gasteiger charge is -2.25. The van der Waals surface area contributed by atoms with E-state index in [2.05, 4.69) is 20.0 Å². The molecule has 1 fully saturated rings. The van der Waals surface area contributed by atoms with Gasteiger partial charge in [-0.1, -0.05) is 0 Å². The van der Waals surface area contributed by atoms with Crippen LogP contribution >= 0.6 is 0 Å². The highest BCUT2D eigenvalue weighted by molar-refractivity contribution is 7.87. The topological polar surface area (TPSA) is 111 Å². The Hall–Kier alpha value is -1.82. The maximum absolute atomic E-state index is 12.2. The van der Waals surface area contributed by atoms with Crippen LogP contribution in [0.5, 0.6) is 5.88 Å². The maximum Gasteiger partial charge on any atom is 0.280 e. The Morgan fingerprint density at radius 3 is 2.83 bits per heavy atom. The van der Waals surface area contributed by atoms with Gasteiger partial charge >= 0.3 is 0 Å². The second-order valence-electron chi connectivity index (χ2n) is 4.83. The molecule has 0 aromatic carbocycles. The third-order valence-corrected chi connectivity index (χ3v) is 4.87. The summed E-state index contributed by atoms with van der Waals surface area (Å²) in [6.45, 7) is 3.80. The van der Waals surface area contributed by atoms with E-state index in [-0.39, 0.29) is 6.54 Å². The highest BCUT2D eigenvalue weighted by Gasteiger charge is 2.24. The van der Waals surface area contributed by atoms with Gasteiger partial charge < -0.3 is 9.47 Å². The van der Waals surface area contributed by atoms with Gasteiger partial charge in [0.15, 0.2) is 11.5 Å². The fourth-order valence-electron chi connectivity index (χ4n) is 2.19. The molecule has 3 rings (SSSR count). The van der Waals surface area contributed by atoms with Crippen LogP contribution in [0.15, 0.2) is 12.1 Å². The molecule has 0 aliphatic carbocycles. The highest BCUT2D eigenvalue weighted by atomic mass is 32.2. The third-order valence-electron chi connectivity index (χ3n) is 3.32. The Balaban J connectivity index is 1.74. The Labute approximate surface area is 133 Å². The number of fused-ring (bicyclic) bond motifs is 1. The first-order valence-corrected chi connectivity index (χ1v) is 8.71. The second kappa shape index (κ2) is 6.74. The summed E-state index contributed by atoms with van der Waals surface area (Å²) in [6, 6.07) is 3.40. The molecule has 1 N–H and O–H groups in total. The van der Waals surface area contributed by atoms with E-state index in [1.165, 1.54) is 8.82 Å². The molecule has 0 bridgehead atoms. The van der Waals surface area contributed by atoms with Gasteiger partial charge in [-0.15, -0.1) is 15.3 Å². The van der Waals surface area contributed by atoms with Gasteiger partial charge in [0.05, 0.1) is 26.4 Å². The minimum absolute atomic E-state index is 0.0105. The molecular weight excluding hydrogens is 324 g/mol. The van der Waals surface area contributed by atoms with Crippen molar-refractivity contribution < 1.29 is 17.9 Å². The minimum Gasteiger partial charge on any atom is -0.477 e. The SMILES string of the molecule is CCOc1ccc2nnc(CNS(=O)(=O)N3CCOCC3)n2n1. The maximum atomic E-state index is 12.2. The van der Waals surface area contributed by atoms with Gasteiger partial charge in [-0.25, -0.2) is 0 Å². The summed E-state index contributed by atoms with van der Waals surface area (Å²) in [6.07, 6.45) is 0. The van der Waals surface area contributed by atoms with Gasteiger partial charge in [0, 0.05) is 19.2 Å². The average Bonchev–Trinajstić information content (AvgIpc) is 2.97. The summed E-state index contributed by atoms with van der Waals surface area (Å²) in [7, 11) is -3.59. The molecule has 126 valence electrons. The molecule has 0 saturated carbocycles. The predicted octanol–water partition coefficient (Wildman–Crippen LogP) is -0.810. The monoisotopic (exact) mass is 342 g/mol. The van der Waals surface area contributed by atoms with Crippen LogP contribution in [0.1, 0.15) is 12.7 Å². The third kappa shape index (κ3) is 3.58. The fourth-order valence-corrected chi connectivity index (χ4v) is 3.31. The van der Waals surface area contributed by atoms with E-state index in [9.17, 15) is 8.42 Å². The van der Waals surface area contributed by atoms with Gasteiger partial charge in [0.2, 0.25) is 5.88 Å². The Kier molecular flexibility index (Phi) is 4.71. The standard InChI is InChI=1S/C12H18N6O4S/c1-2-22-12-4-3-10-14-15-11(18(10)16-12)9-13-23(19,20)17-5-7-21-8-6-17/h3-4,13H,2,5-9H2,1H3. The normalized spacial score (nSPS) is 16.7. The molecule has 0 atom stereocenters. The van der Waals surface area contributed by atoms with Crippen LogP contribution in [0.2, 0.25) is 0 Å². The van der Waals surface area contributed by atoms with E-state index >= 15 is 0 Å². The van der Waals surface area contributed by atoms with Gasteiger partial charge in [-0.3, -0.25) is 0 Å². The summed E-state index contributed by atoms with van der Waals surface area (Å²) >= 11 is 0. The molecule has 2 aromatic rings. The number of rotatable bonds is 6. The molecule has 1 saturated heterocycles. The van der Waals surface area contributed by atoms with Crippen molar-refractivity contribution >= 4 is 15.9 Å². The number of ether oxygens (including phenoxy) is 2. The number of aromatic nitrogens is 4. The van der Waals surface area contributed by atoms with Gasteiger partial charge in [0.1, 0.15) is 0 Å². The Morgan fingerprint density at radius 1 is 1.30 bits per heavy atom. The van der Waals surface area contributed by atoms with Crippen LogP contribution in [0.4, 0.5) is 0 Å². The fraction of sp³-hybridized carbons (Fsp3) is 0.583. The molecule has 0 amide bonds. The number of hydrogen-bond donors (Lipinski definition) is 1. The molecular formula is C12H18N6O4S. The van der Waals surface area contributed by atoms with Crippen LogP contribution in [0.3, 0.4) is 0 Å². The highest BCUT2D eigenvalue weighted by Crippen LogP contribution is 2.10. The molecule has 11 heteroatoms. The molecule has 3 heterocycles. The first kappa shape index (κ1) is 16.1. The Morgan fingerprint density at radius 2 is 2.09 bits per heavy atom. The lowest BCUT2D eigenvalue weighted by Crippen LogP contribution is -2.46. The summed E-state index contributed by atoms with van der Waals surface area (Å²) < 4.78 is 40.3. The molecule has 0 spiro atoms. The molecule has 23 heavy (non-hydrogen) atoms. The van der Waals surface area contributed by atoms with Crippen LogP contribution in [-0.4, -0.2) is 65.4 Å². The van der Waals surface area contributed by atoms with Crippen molar-refractivity contribution in [3.8, 4) is 5.88 Å². The second-order valence-corrected chi connectivity index (χ2v) is 6.58. The zero-order valence-electron chi connectivity index (χ0n) is 12.7. The van der Waals surface area contributed by atoms with Crippen LogP contribution in [0.25, 0.3) is 5.65 Å². The minimum atomic E-state index is -3.59. The van der Waals surface area contributed by atoms with Crippen molar-refractivity contribution in [1.29, 1.82) is 0 Å². The molecule has 2 aromatic heterocycles. The number of nitrogens with zero attached hydrogens (tertiary/aromatic N) is 5. The zero-order valence-corrected chi connectivity index (χ0v) is 13.5. The van der Waals surface area contributed by atoms with Gasteiger partial charge in [-0.05, 0) is 13.0 Å². The largest absolute Gasteiger partial charge is 0.477 e. The van der Waals surface area contributed by atoms with E-state index in [0.717, 1.165) is 0 Å². The van der Waals surface area contributed by atoms with E-state index in [1.54, 1.807) is 12.1 Å². The number of hydrogen-bond acceptors (Lipinski definition) is 7. The van der Waals surface area contributed by atoms with E-state index in [4.69, 9.17) is 9.47 Å². The summed E-state index contributed by atoms with van der Waals surface area (Å²) in [5.74, 6) is 0.815. The first-order valence-electron chi connectivity index (χ1n) is 7.27. The van der Waals surface area contributed by atoms with Crippen molar-refractivity contribution in [1.82, 2.24) is 28.8 Å². The quantitative estimate of drug-likeness (QED) is 0.731. The summed E-state index contributed by atoms with van der Waals surface area (Å²) in [5, 5.41) is 12.2. The van der Waals surface area contributed by atoms with Gasteiger partial charge in [0.25, 0.3) is 10.2 Å². The van der Waals surface area contributed by atoms with Crippen LogP contribution in [0, 0.1) is 0 Å². The number of nitrogens with one attached hydrogen (secondary N) is 1. The van der Waals surface area contributed by atoms with E-state index in [1.807, 2.05) is 6.92 Å². The molecule has 0 radical (unpaired) electrons. The lowest BCUT2D eigenvalue weighted by atomic mass is 10.5. The first-order chi connectivity index (χ1) is 11.1. The van der Waals surface area contributed by atoms with E-state index < -0.39 is 10.2 Å². The molecule has 10 nitrogen and oxygen atoms in total. The predicted molar refractivity (Wildman–Crippen MR) is 80.1 cm³/mol. The van der Waals surface area contributed by atoms with Crippen molar-refractivity contribution in [3.05, 3.63) is 18.0 Å². The van der Waals surface area contributed by atoms with Crippen molar-refractivity contribution in [2.75, 3.05) is 32.9 Å². The van der Waals surface area contributed by atoms with Crippen LogP contribution < -0.4 is 9.46 Å². The van der Waals surface area contributed by atoms with Gasteiger partial charge in [-0.2, -0.15) is 22.0 Å². The number of morpholine rings is 1. The summed E-state index contributed by atoms with van der Waals surface area (Å²) in [4.78, 5) is 0. The molecule has 0 unspecified atom stereocenters. The van der Waals surface area contributed by atoms with Crippen LogP contribution in [-0.2, 0) is 21.5 Å². The Bertz CT molecular complexity index is 771. The van der Waals surface area contributed by atoms with Crippen molar-refractivity contribution in [3.63, 3.8) is 0 Å². The zero-order chi connectivity index (χ0) is 16.3. The van der Waals surface area contributed by atoms with Crippen molar-refractivity contribution in [2.24, 2.45) is 0 Å². The summed E-state index contributed by atoms with van der Waals surface area (Å²) in [5.41, 5.74) is 0.522. The smallest absolute Gasteiger partial charge is 0.280 e. The van der Waals surface area contributed by atoms with Crippen molar-refractivity contribution in [2.45, 2.75) is 13.5 Å². The van der Waals surface area contributed by atoms with E-state index in [0.29, 0.717) is 50.3 Å². The lowest BCUT2D eigenvalue weighted by molar-refractivity contribution is 0.0724.